The molecule has 1 unspecified atom stereocenters. The normalized spacial score (nSPS) is 18.4. The van der Waals surface area contributed by atoms with E-state index >= 15 is 0 Å². The van der Waals surface area contributed by atoms with Gasteiger partial charge in [0.25, 0.3) is 5.91 Å². The third-order valence-corrected chi connectivity index (χ3v) is 6.82. The summed E-state index contributed by atoms with van der Waals surface area (Å²) in [5.41, 5.74) is 4.05. The number of amides is 1. The van der Waals surface area contributed by atoms with Crippen LogP contribution in [0.2, 0.25) is 0 Å². The second-order valence-electron chi connectivity index (χ2n) is 8.85. The molecule has 1 saturated heterocycles. The lowest BCUT2D eigenvalue weighted by molar-refractivity contribution is 0.0926. The van der Waals surface area contributed by atoms with Gasteiger partial charge in [0, 0.05) is 32.7 Å². The Bertz CT molecular complexity index is 1110. The number of methoxy groups -OCH3 is 1. The monoisotopic (exact) mass is 456 g/mol. The molecule has 0 saturated carbocycles. The lowest BCUT2D eigenvalue weighted by Gasteiger charge is -2.40. The van der Waals surface area contributed by atoms with Crippen molar-refractivity contribution in [2.24, 2.45) is 0 Å². The van der Waals surface area contributed by atoms with E-state index in [-0.39, 0.29) is 12.1 Å². The van der Waals surface area contributed by atoms with Crippen LogP contribution >= 0.6 is 0 Å². The van der Waals surface area contributed by atoms with E-state index < -0.39 is 0 Å². The van der Waals surface area contributed by atoms with E-state index in [2.05, 4.69) is 50.3 Å². The molecule has 2 aliphatic rings. The van der Waals surface area contributed by atoms with Crippen molar-refractivity contribution < 1.29 is 9.53 Å². The topological polar surface area (TPSA) is 48.1 Å². The molecule has 2 heterocycles. The second-order valence-corrected chi connectivity index (χ2v) is 8.85. The number of hydrogen-bond acceptors (Lipinski definition) is 5. The van der Waals surface area contributed by atoms with Gasteiger partial charge in [-0.25, -0.2) is 0 Å². The van der Waals surface area contributed by atoms with E-state index in [0.717, 1.165) is 68.3 Å². The molecule has 3 aromatic carbocycles. The summed E-state index contributed by atoms with van der Waals surface area (Å²) in [6, 6.07) is 26.4. The van der Waals surface area contributed by atoms with Crippen LogP contribution < -0.4 is 19.9 Å². The zero-order chi connectivity index (χ0) is 23.3. The van der Waals surface area contributed by atoms with Crippen LogP contribution in [0.4, 0.5) is 11.4 Å². The molecule has 0 radical (unpaired) electrons. The molecule has 0 spiro atoms. The molecule has 1 amide bonds. The van der Waals surface area contributed by atoms with Crippen molar-refractivity contribution in [3.8, 4) is 5.75 Å². The van der Waals surface area contributed by atoms with Crippen LogP contribution in [0, 0.1) is 0 Å². The van der Waals surface area contributed by atoms with Crippen LogP contribution in [0.5, 0.6) is 5.75 Å². The summed E-state index contributed by atoms with van der Waals surface area (Å²) in [5, 5.41) is 3.22. The number of nitrogens with one attached hydrogen (secondary N) is 1. The summed E-state index contributed by atoms with van der Waals surface area (Å²) in [6.07, 6.45) is 0.883. The first-order valence-electron chi connectivity index (χ1n) is 12.1. The number of nitrogens with zero attached hydrogens (tertiary/aromatic N) is 3. The minimum absolute atomic E-state index is 0.00633. The molecule has 5 rings (SSSR count). The Hall–Kier alpha value is -3.51. The summed E-state index contributed by atoms with van der Waals surface area (Å²) < 4.78 is 5.55. The standard InChI is InChI=1S/C28H32N4O2/c1-34-26-15-8-7-14-25(26)31-20-18-30(19-21-31)16-9-17-32-24-13-6-5-12-23(24)28(33)29-27(32)22-10-3-2-4-11-22/h2-8,10-15,27H,9,16-21H2,1H3,(H,29,33). The number of anilines is 2. The Morgan fingerprint density at radius 3 is 2.26 bits per heavy atom. The maximum Gasteiger partial charge on any atom is 0.255 e. The van der Waals surface area contributed by atoms with Crippen LogP contribution in [0.3, 0.4) is 0 Å². The fourth-order valence-electron chi connectivity index (χ4n) is 5.05. The van der Waals surface area contributed by atoms with Gasteiger partial charge >= 0.3 is 0 Å². The van der Waals surface area contributed by atoms with Gasteiger partial charge in [-0.3, -0.25) is 9.69 Å². The van der Waals surface area contributed by atoms with Gasteiger partial charge in [0.1, 0.15) is 11.9 Å². The quantitative estimate of drug-likeness (QED) is 0.579. The second kappa shape index (κ2) is 10.2. The van der Waals surface area contributed by atoms with Gasteiger partial charge in [-0.05, 0) is 42.8 Å². The zero-order valence-corrected chi connectivity index (χ0v) is 19.7. The Morgan fingerprint density at radius 1 is 0.824 bits per heavy atom. The summed E-state index contributed by atoms with van der Waals surface area (Å²) in [4.78, 5) is 20.1. The van der Waals surface area contributed by atoms with Crippen molar-refractivity contribution in [2.75, 3.05) is 56.2 Å². The van der Waals surface area contributed by atoms with E-state index in [0.29, 0.717) is 0 Å². The van der Waals surface area contributed by atoms with Crippen molar-refractivity contribution in [2.45, 2.75) is 12.6 Å². The zero-order valence-electron chi connectivity index (χ0n) is 19.7. The minimum Gasteiger partial charge on any atom is -0.495 e. The molecule has 0 bridgehead atoms. The number of benzene rings is 3. The SMILES string of the molecule is COc1ccccc1N1CCN(CCCN2c3ccccc3C(=O)NC2c2ccccc2)CC1. The molecule has 1 atom stereocenters. The van der Waals surface area contributed by atoms with Crippen molar-refractivity contribution in [3.63, 3.8) is 0 Å². The van der Waals surface area contributed by atoms with Crippen molar-refractivity contribution >= 4 is 17.3 Å². The highest BCUT2D eigenvalue weighted by atomic mass is 16.5. The maximum absolute atomic E-state index is 12.8. The minimum atomic E-state index is -0.147. The van der Waals surface area contributed by atoms with Gasteiger partial charge in [-0.1, -0.05) is 54.6 Å². The Morgan fingerprint density at radius 2 is 1.50 bits per heavy atom. The first-order valence-corrected chi connectivity index (χ1v) is 12.1. The van der Waals surface area contributed by atoms with E-state index in [1.54, 1.807) is 7.11 Å². The average molecular weight is 457 g/mol. The molecule has 2 aliphatic heterocycles. The average Bonchev–Trinajstić information content (AvgIpc) is 2.91. The number of fused-ring (bicyclic) bond motifs is 1. The van der Waals surface area contributed by atoms with E-state index in [1.807, 2.05) is 48.5 Å². The van der Waals surface area contributed by atoms with Crippen molar-refractivity contribution in [1.29, 1.82) is 0 Å². The molecular formula is C28H32N4O2. The lowest BCUT2D eigenvalue weighted by Crippen LogP contribution is -2.49. The van der Waals surface area contributed by atoms with Crippen molar-refractivity contribution in [3.05, 3.63) is 90.0 Å². The highest BCUT2D eigenvalue weighted by molar-refractivity contribution is 6.02. The number of rotatable bonds is 7. The third-order valence-electron chi connectivity index (χ3n) is 6.82. The summed E-state index contributed by atoms with van der Waals surface area (Å²) in [6.45, 7) is 5.98. The molecule has 6 nitrogen and oxygen atoms in total. The predicted octanol–water partition coefficient (Wildman–Crippen LogP) is 4.16. The van der Waals surface area contributed by atoms with Gasteiger partial charge in [-0.2, -0.15) is 0 Å². The number of ether oxygens (including phenoxy) is 1. The van der Waals surface area contributed by atoms with Gasteiger partial charge in [-0.15, -0.1) is 0 Å². The van der Waals surface area contributed by atoms with Crippen LogP contribution in [0.25, 0.3) is 0 Å². The number of hydrogen-bond donors (Lipinski definition) is 1. The number of piperazine rings is 1. The largest absolute Gasteiger partial charge is 0.495 e. The smallest absolute Gasteiger partial charge is 0.255 e. The Labute approximate surface area is 201 Å². The molecule has 3 aromatic rings. The van der Waals surface area contributed by atoms with Crippen LogP contribution in [-0.4, -0.2) is 57.2 Å². The van der Waals surface area contributed by atoms with Gasteiger partial charge in [0.05, 0.1) is 24.0 Å². The first kappa shape index (κ1) is 22.3. The fourth-order valence-corrected chi connectivity index (χ4v) is 5.05. The summed E-state index contributed by atoms with van der Waals surface area (Å²) in [7, 11) is 1.74. The predicted molar refractivity (Wildman–Crippen MR) is 137 cm³/mol. The van der Waals surface area contributed by atoms with Gasteiger partial charge < -0.3 is 19.9 Å². The molecule has 1 N–H and O–H groups in total. The van der Waals surface area contributed by atoms with Crippen molar-refractivity contribution in [1.82, 2.24) is 10.2 Å². The molecule has 176 valence electrons. The molecule has 0 aliphatic carbocycles. The lowest BCUT2D eigenvalue weighted by atomic mass is 10.0. The van der Waals surface area contributed by atoms with Crippen LogP contribution in [0.15, 0.2) is 78.9 Å². The number of para-hydroxylation sites is 3. The van der Waals surface area contributed by atoms with Gasteiger partial charge in [0.2, 0.25) is 0 Å². The summed E-state index contributed by atoms with van der Waals surface area (Å²) in [5.74, 6) is 0.932. The number of carbonyl (C=O) groups excluding carboxylic acids is 1. The van der Waals surface area contributed by atoms with E-state index in [9.17, 15) is 4.79 Å². The molecule has 1 fully saturated rings. The van der Waals surface area contributed by atoms with Crippen LogP contribution in [0.1, 0.15) is 28.5 Å². The Balaban J connectivity index is 1.22. The Kier molecular flexibility index (Phi) is 6.67. The summed E-state index contributed by atoms with van der Waals surface area (Å²) >= 11 is 0. The third kappa shape index (κ3) is 4.59. The van der Waals surface area contributed by atoms with E-state index in [4.69, 9.17) is 4.74 Å². The maximum atomic E-state index is 12.8. The highest BCUT2D eigenvalue weighted by Crippen LogP contribution is 2.33. The molecule has 6 heteroatoms. The first-order chi connectivity index (χ1) is 16.7. The molecule has 34 heavy (non-hydrogen) atoms. The molecule has 0 aromatic heterocycles. The van der Waals surface area contributed by atoms with E-state index in [1.165, 1.54) is 5.69 Å². The molecular weight excluding hydrogens is 424 g/mol. The van der Waals surface area contributed by atoms with Gasteiger partial charge in [0.15, 0.2) is 0 Å². The highest BCUT2D eigenvalue weighted by Gasteiger charge is 2.31. The number of carbonyl (C=O) groups is 1. The fraction of sp³-hybridized carbons (Fsp3) is 0.321. The van der Waals surface area contributed by atoms with Crippen LogP contribution in [-0.2, 0) is 0 Å².